The molecule has 5 nitrogen and oxygen atoms in total. The van der Waals surface area contributed by atoms with E-state index in [1.54, 1.807) is 7.11 Å². The average Bonchev–Trinajstić information content (AvgIpc) is 3.01. The Hall–Kier alpha value is -2.08. The van der Waals surface area contributed by atoms with E-state index in [2.05, 4.69) is 4.98 Å². The molecule has 1 amide bonds. The molecule has 2 aromatic rings. The van der Waals surface area contributed by atoms with Crippen LogP contribution < -0.4 is 9.47 Å². The van der Waals surface area contributed by atoms with Crippen molar-refractivity contribution in [3.63, 3.8) is 0 Å². The minimum Gasteiger partial charge on any atom is -0.493 e. The summed E-state index contributed by atoms with van der Waals surface area (Å²) in [6.45, 7) is 6.06. The van der Waals surface area contributed by atoms with E-state index in [0.29, 0.717) is 22.6 Å². The topological polar surface area (TPSA) is 51.7 Å². The van der Waals surface area contributed by atoms with Crippen LogP contribution in [-0.2, 0) is 0 Å². The number of amides is 1. The van der Waals surface area contributed by atoms with Gasteiger partial charge in [-0.15, -0.1) is 0 Å². The highest BCUT2D eigenvalue weighted by atomic mass is 32.1. The van der Waals surface area contributed by atoms with Gasteiger partial charge in [-0.1, -0.05) is 29.5 Å². The van der Waals surface area contributed by atoms with Crippen LogP contribution >= 0.6 is 11.3 Å². The van der Waals surface area contributed by atoms with Gasteiger partial charge >= 0.3 is 0 Å². The zero-order valence-electron chi connectivity index (χ0n) is 14.9. The third kappa shape index (κ3) is 4.12. The maximum absolute atomic E-state index is 12.8. The summed E-state index contributed by atoms with van der Waals surface area (Å²) in [6.07, 6.45) is 2.09. The van der Waals surface area contributed by atoms with Gasteiger partial charge in [0, 0.05) is 19.0 Å². The van der Waals surface area contributed by atoms with Gasteiger partial charge in [-0.2, -0.15) is 0 Å². The Kier molecular flexibility index (Phi) is 5.58. The molecular weight excluding hydrogens is 336 g/mol. The molecule has 3 rings (SSSR count). The van der Waals surface area contributed by atoms with E-state index < -0.39 is 0 Å². The quantitative estimate of drug-likeness (QED) is 0.816. The van der Waals surface area contributed by atoms with Crippen LogP contribution in [0, 0.1) is 19.8 Å². The first-order chi connectivity index (χ1) is 12.1. The van der Waals surface area contributed by atoms with Crippen LogP contribution in [0.1, 0.15) is 33.8 Å². The highest BCUT2D eigenvalue weighted by Gasteiger charge is 2.27. The predicted molar refractivity (Wildman–Crippen MR) is 98.7 cm³/mol. The number of aryl methyl sites for hydroxylation is 2. The van der Waals surface area contributed by atoms with Crippen LogP contribution in [0.4, 0.5) is 0 Å². The summed E-state index contributed by atoms with van der Waals surface area (Å²) in [4.78, 5) is 19.7. The lowest BCUT2D eigenvalue weighted by Crippen LogP contribution is -2.41. The Bertz CT molecular complexity index is 744. The second-order valence-corrected chi connectivity index (χ2v) is 7.40. The number of aromatic nitrogens is 1. The first kappa shape index (κ1) is 17.7. The summed E-state index contributed by atoms with van der Waals surface area (Å²) in [5.74, 6) is 1.33. The second-order valence-electron chi connectivity index (χ2n) is 6.43. The van der Waals surface area contributed by atoms with E-state index >= 15 is 0 Å². The molecule has 1 fully saturated rings. The average molecular weight is 360 g/mol. The molecule has 25 heavy (non-hydrogen) atoms. The van der Waals surface area contributed by atoms with Crippen molar-refractivity contribution >= 4 is 17.2 Å². The van der Waals surface area contributed by atoms with E-state index in [9.17, 15) is 4.79 Å². The molecule has 1 saturated heterocycles. The van der Waals surface area contributed by atoms with Crippen LogP contribution in [0.15, 0.2) is 24.3 Å². The number of rotatable bonds is 5. The fourth-order valence-corrected chi connectivity index (χ4v) is 3.96. The van der Waals surface area contributed by atoms with Gasteiger partial charge in [-0.3, -0.25) is 4.79 Å². The molecule has 0 spiro atoms. The van der Waals surface area contributed by atoms with E-state index in [-0.39, 0.29) is 5.91 Å². The Morgan fingerprint density at radius 2 is 2.16 bits per heavy atom. The van der Waals surface area contributed by atoms with E-state index in [1.165, 1.54) is 11.3 Å². The monoisotopic (exact) mass is 360 g/mol. The van der Waals surface area contributed by atoms with Crippen molar-refractivity contribution in [1.82, 2.24) is 9.88 Å². The number of methoxy groups -OCH3 is 1. The Morgan fingerprint density at radius 1 is 1.36 bits per heavy atom. The van der Waals surface area contributed by atoms with Gasteiger partial charge in [0.1, 0.15) is 10.6 Å². The molecular formula is C19H24N2O3S. The normalized spacial score (nSPS) is 17.4. The summed E-state index contributed by atoms with van der Waals surface area (Å²) < 4.78 is 11.1. The molecule has 1 aromatic heterocycles. The molecule has 1 aliphatic rings. The molecule has 134 valence electrons. The highest BCUT2D eigenvalue weighted by Crippen LogP contribution is 2.28. The Balaban J connectivity index is 1.61. The number of carbonyl (C=O) groups excluding carboxylic acids is 1. The lowest BCUT2D eigenvalue weighted by atomic mass is 9.98. The molecule has 1 aromatic carbocycles. The zero-order chi connectivity index (χ0) is 17.8. The summed E-state index contributed by atoms with van der Waals surface area (Å²) >= 11 is 1.32. The van der Waals surface area contributed by atoms with Gasteiger partial charge in [-0.05, 0) is 38.3 Å². The van der Waals surface area contributed by atoms with Crippen molar-refractivity contribution in [3.05, 3.63) is 40.4 Å². The van der Waals surface area contributed by atoms with Crippen LogP contribution in [0.2, 0.25) is 0 Å². The van der Waals surface area contributed by atoms with Crippen molar-refractivity contribution in [2.24, 2.45) is 5.92 Å². The molecule has 0 N–H and O–H groups in total. The van der Waals surface area contributed by atoms with Gasteiger partial charge in [0.2, 0.25) is 0 Å². The highest BCUT2D eigenvalue weighted by molar-refractivity contribution is 7.15. The Labute approximate surface area is 152 Å². The van der Waals surface area contributed by atoms with Gasteiger partial charge < -0.3 is 14.4 Å². The van der Waals surface area contributed by atoms with Gasteiger partial charge in [-0.25, -0.2) is 4.98 Å². The van der Waals surface area contributed by atoms with Crippen LogP contribution in [0.5, 0.6) is 10.9 Å². The number of piperidine rings is 1. The lowest BCUT2D eigenvalue weighted by Gasteiger charge is -2.32. The number of ether oxygens (including phenoxy) is 2. The standard InChI is InChI=1S/C19H24N2O3S/c1-13-7-4-5-9-16(13)24-12-15-8-6-10-21(11-15)18(22)17-14(2)20-19(23-3)25-17/h4-5,7,9,15H,6,8,10-12H2,1-3H3. The molecule has 1 atom stereocenters. The maximum atomic E-state index is 12.8. The molecule has 1 aliphatic heterocycles. The van der Waals surface area contributed by atoms with Crippen LogP contribution in [-0.4, -0.2) is 42.6 Å². The summed E-state index contributed by atoms with van der Waals surface area (Å²) in [5.41, 5.74) is 1.88. The van der Waals surface area contributed by atoms with Crippen molar-refractivity contribution in [2.45, 2.75) is 26.7 Å². The van der Waals surface area contributed by atoms with Gasteiger partial charge in [0.05, 0.1) is 19.4 Å². The van der Waals surface area contributed by atoms with Crippen molar-refractivity contribution in [3.8, 4) is 10.9 Å². The smallest absolute Gasteiger partial charge is 0.273 e. The number of hydrogen-bond donors (Lipinski definition) is 0. The molecule has 0 saturated carbocycles. The van der Waals surface area contributed by atoms with Crippen molar-refractivity contribution < 1.29 is 14.3 Å². The fraction of sp³-hybridized carbons (Fsp3) is 0.474. The number of benzene rings is 1. The largest absolute Gasteiger partial charge is 0.493 e. The van der Waals surface area contributed by atoms with E-state index in [4.69, 9.17) is 9.47 Å². The Morgan fingerprint density at radius 3 is 2.88 bits per heavy atom. The van der Waals surface area contributed by atoms with E-state index in [0.717, 1.165) is 42.9 Å². The lowest BCUT2D eigenvalue weighted by molar-refractivity contribution is 0.0637. The third-order valence-corrected chi connectivity index (χ3v) is 5.63. The minimum atomic E-state index is 0.0545. The second kappa shape index (κ2) is 7.87. The number of thiazole rings is 1. The molecule has 0 aliphatic carbocycles. The number of carbonyl (C=O) groups is 1. The molecule has 0 bridgehead atoms. The third-order valence-electron chi connectivity index (χ3n) is 4.52. The zero-order valence-corrected chi connectivity index (χ0v) is 15.8. The summed E-state index contributed by atoms with van der Waals surface area (Å²) in [6, 6.07) is 8.04. The fourth-order valence-electron chi connectivity index (χ4n) is 3.11. The summed E-state index contributed by atoms with van der Waals surface area (Å²) in [5, 5.41) is 0.539. The number of nitrogens with zero attached hydrogens (tertiary/aromatic N) is 2. The number of likely N-dealkylation sites (tertiary alicyclic amines) is 1. The molecule has 1 unspecified atom stereocenters. The molecule has 2 heterocycles. The van der Waals surface area contributed by atoms with Gasteiger partial charge in [0.15, 0.2) is 0 Å². The van der Waals surface area contributed by atoms with Crippen LogP contribution in [0.3, 0.4) is 0 Å². The molecule has 0 radical (unpaired) electrons. The van der Waals surface area contributed by atoms with Crippen molar-refractivity contribution in [1.29, 1.82) is 0 Å². The first-order valence-corrected chi connectivity index (χ1v) is 9.39. The first-order valence-electron chi connectivity index (χ1n) is 8.57. The number of hydrogen-bond acceptors (Lipinski definition) is 5. The summed E-state index contributed by atoms with van der Waals surface area (Å²) in [7, 11) is 1.58. The SMILES string of the molecule is COc1nc(C)c(C(=O)N2CCCC(COc3ccccc3C)C2)s1. The number of para-hydroxylation sites is 1. The van der Waals surface area contributed by atoms with Crippen molar-refractivity contribution in [2.75, 3.05) is 26.8 Å². The van der Waals surface area contributed by atoms with Crippen LogP contribution in [0.25, 0.3) is 0 Å². The van der Waals surface area contributed by atoms with E-state index in [1.807, 2.05) is 43.0 Å². The molecule has 6 heteroatoms. The minimum absolute atomic E-state index is 0.0545. The predicted octanol–water partition coefficient (Wildman–Crippen LogP) is 3.70. The van der Waals surface area contributed by atoms with Gasteiger partial charge in [0.25, 0.3) is 11.1 Å². The maximum Gasteiger partial charge on any atom is 0.273 e.